The van der Waals surface area contributed by atoms with Crippen molar-refractivity contribution < 1.29 is 9.31 Å². The van der Waals surface area contributed by atoms with Gasteiger partial charge in [0.1, 0.15) is 11.5 Å². The Hall–Kier alpha value is -1.69. The van der Waals surface area contributed by atoms with E-state index in [0.717, 1.165) is 18.9 Å². The molecule has 0 amide bonds. The molecule has 6 heteroatoms. The number of nitro groups is 1. The van der Waals surface area contributed by atoms with Crippen molar-refractivity contribution in [3.8, 4) is 0 Å². The van der Waals surface area contributed by atoms with Crippen LogP contribution in [0.2, 0.25) is 0 Å². The first-order valence-corrected chi connectivity index (χ1v) is 6.52. The van der Waals surface area contributed by atoms with Crippen LogP contribution in [0.4, 0.5) is 15.8 Å². The van der Waals surface area contributed by atoms with Gasteiger partial charge in [-0.25, -0.2) is 4.39 Å². The van der Waals surface area contributed by atoms with Gasteiger partial charge in [-0.1, -0.05) is 12.8 Å². The van der Waals surface area contributed by atoms with E-state index in [0.29, 0.717) is 18.2 Å². The van der Waals surface area contributed by atoms with Gasteiger partial charge in [0.25, 0.3) is 5.69 Å². The molecule has 1 aromatic carbocycles. The van der Waals surface area contributed by atoms with E-state index in [1.807, 2.05) is 0 Å². The first-order valence-electron chi connectivity index (χ1n) is 6.52. The second kappa shape index (κ2) is 5.97. The largest absolute Gasteiger partial charge is 0.375 e. The summed E-state index contributed by atoms with van der Waals surface area (Å²) in [6.07, 6.45) is 4.52. The van der Waals surface area contributed by atoms with E-state index < -0.39 is 10.7 Å². The quantitative estimate of drug-likeness (QED) is 0.634. The summed E-state index contributed by atoms with van der Waals surface area (Å²) in [7, 11) is 0. The molecule has 1 aliphatic rings. The van der Waals surface area contributed by atoms with Crippen molar-refractivity contribution in [3.05, 3.63) is 34.1 Å². The highest BCUT2D eigenvalue weighted by Gasteiger charge is 2.26. The summed E-state index contributed by atoms with van der Waals surface area (Å²) in [6.45, 7) is 0.416. The Balaban J connectivity index is 2.18. The molecule has 5 nitrogen and oxygen atoms in total. The van der Waals surface area contributed by atoms with Gasteiger partial charge in [0.2, 0.25) is 0 Å². The number of rotatable bonds is 5. The van der Waals surface area contributed by atoms with Gasteiger partial charge in [-0.15, -0.1) is 0 Å². The van der Waals surface area contributed by atoms with Crippen molar-refractivity contribution in [2.75, 3.05) is 11.9 Å². The van der Waals surface area contributed by atoms with Crippen molar-refractivity contribution in [1.82, 2.24) is 0 Å². The molecule has 19 heavy (non-hydrogen) atoms. The van der Waals surface area contributed by atoms with Gasteiger partial charge in [0, 0.05) is 12.6 Å². The molecule has 0 bridgehead atoms. The maximum absolute atomic E-state index is 13.1. The van der Waals surface area contributed by atoms with Crippen LogP contribution in [0.25, 0.3) is 0 Å². The summed E-state index contributed by atoms with van der Waals surface area (Å²) < 4.78 is 13.1. The number of anilines is 1. The average Bonchev–Trinajstić information content (AvgIpc) is 2.90. The minimum Gasteiger partial charge on any atom is -0.375 e. The number of nitrogens with zero attached hydrogens (tertiary/aromatic N) is 1. The highest BCUT2D eigenvalue weighted by atomic mass is 19.1. The molecule has 1 fully saturated rings. The fourth-order valence-corrected chi connectivity index (χ4v) is 2.71. The SMILES string of the molecule is NCC(Nc1ccc(F)cc1[N+](=O)[O-])C1CCCC1. The van der Waals surface area contributed by atoms with E-state index in [2.05, 4.69) is 5.32 Å². The average molecular weight is 267 g/mol. The van der Waals surface area contributed by atoms with E-state index in [1.165, 1.54) is 25.0 Å². The summed E-state index contributed by atoms with van der Waals surface area (Å²) in [4.78, 5) is 10.4. The smallest absolute Gasteiger partial charge is 0.295 e. The van der Waals surface area contributed by atoms with E-state index in [-0.39, 0.29) is 11.7 Å². The zero-order valence-corrected chi connectivity index (χ0v) is 10.6. The third kappa shape index (κ3) is 3.20. The van der Waals surface area contributed by atoms with Crippen LogP contribution in [-0.4, -0.2) is 17.5 Å². The maximum atomic E-state index is 13.1. The third-order valence-electron chi connectivity index (χ3n) is 3.72. The number of nitrogens with two attached hydrogens (primary N) is 1. The molecule has 3 N–H and O–H groups in total. The number of halogens is 1. The zero-order valence-electron chi connectivity index (χ0n) is 10.6. The molecule has 0 aliphatic heterocycles. The van der Waals surface area contributed by atoms with Crippen LogP contribution in [0, 0.1) is 21.8 Å². The molecule has 1 atom stereocenters. The highest BCUT2D eigenvalue weighted by Crippen LogP contribution is 2.31. The molecular weight excluding hydrogens is 249 g/mol. The molecular formula is C13H18FN3O2. The third-order valence-corrected chi connectivity index (χ3v) is 3.72. The second-order valence-corrected chi connectivity index (χ2v) is 4.95. The normalized spacial score (nSPS) is 17.4. The molecule has 1 saturated carbocycles. The fraction of sp³-hybridized carbons (Fsp3) is 0.538. The predicted molar refractivity (Wildman–Crippen MR) is 71.5 cm³/mol. The molecule has 0 heterocycles. The molecule has 104 valence electrons. The van der Waals surface area contributed by atoms with Crippen LogP contribution >= 0.6 is 0 Å². The minimum absolute atomic E-state index is 0.00617. The Morgan fingerprint density at radius 3 is 2.74 bits per heavy atom. The Bertz CT molecular complexity index is 461. The Labute approximate surface area is 111 Å². The Morgan fingerprint density at radius 2 is 2.16 bits per heavy atom. The lowest BCUT2D eigenvalue weighted by Crippen LogP contribution is -2.35. The molecule has 2 rings (SSSR count). The van der Waals surface area contributed by atoms with Crippen molar-refractivity contribution in [3.63, 3.8) is 0 Å². The van der Waals surface area contributed by atoms with Crippen LogP contribution in [-0.2, 0) is 0 Å². The van der Waals surface area contributed by atoms with E-state index >= 15 is 0 Å². The van der Waals surface area contributed by atoms with Gasteiger partial charge >= 0.3 is 0 Å². The molecule has 1 aliphatic carbocycles. The highest BCUT2D eigenvalue weighted by molar-refractivity contribution is 5.62. The first kappa shape index (κ1) is 13.7. The molecule has 1 unspecified atom stereocenters. The van der Waals surface area contributed by atoms with Gasteiger partial charge in [-0.2, -0.15) is 0 Å². The van der Waals surface area contributed by atoms with Crippen molar-refractivity contribution in [2.45, 2.75) is 31.7 Å². The lowest BCUT2D eigenvalue weighted by atomic mass is 9.98. The number of hydrogen-bond donors (Lipinski definition) is 2. The van der Waals surface area contributed by atoms with Crippen molar-refractivity contribution in [1.29, 1.82) is 0 Å². The summed E-state index contributed by atoms with van der Waals surface area (Å²) >= 11 is 0. The number of nitrogens with one attached hydrogen (secondary N) is 1. The number of nitro benzene ring substituents is 1. The Morgan fingerprint density at radius 1 is 1.47 bits per heavy atom. The standard InChI is InChI=1S/C13H18FN3O2/c14-10-5-6-11(13(7-10)17(18)19)16-12(8-15)9-3-1-2-4-9/h5-7,9,12,16H,1-4,8,15H2. The van der Waals surface area contributed by atoms with Gasteiger partial charge in [-0.3, -0.25) is 10.1 Å². The van der Waals surface area contributed by atoms with Crippen LogP contribution in [0.1, 0.15) is 25.7 Å². The maximum Gasteiger partial charge on any atom is 0.295 e. The number of hydrogen-bond acceptors (Lipinski definition) is 4. The van der Waals surface area contributed by atoms with Crippen LogP contribution in [0.3, 0.4) is 0 Å². The Kier molecular flexibility index (Phi) is 4.31. The monoisotopic (exact) mass is 267 g/mol. The van der Waals surface area contributed by atoms with Gasteiger partial charge in [0.05, 0.1) is 11.0 Å². The molecule has 0 spiro atoms. The lowest BCUT2D eigenvalue weighted by Gasteiger charge is -2.24. The summed E-state index contributed by atoms with van der Waals surface area (Å²) in [6, 6.07) is 3.57. The summed E-state index contributed by atoms with van der Waals surface area (Å²) in [5.41, 5.74) is 5.85. The predicted octanol–water partition coefficient (Wildman–Crippen LogP) is 2.66. The molecule has 0 aromatic heterocycles. The van der Waals surface area contributed by atoms with E-state index in [9.17, 15) is 14.5 Å². The van der Waals surface area contributed by atoms with Crippen LogP contribution in [0.5, 0.6) is 0 Å². The van der Waals surface area contributed by atoms with Gasteiger partial charge < -0.3 is 11.1 Å². The summed E-state index contributed by atoms with van der Waals surface area (Å²) in [5, 5.41) is 14.0. The second-order valence-electron chi connectivity index (χ2n) is 4.95. The molecule has 1 aromatic rings. The minimum atomic E-state index is -0.609. The van der Waals surface area contributed by atoms with Crippen molar-refractivity contribution >= 4 is 11.4 Å². The van der Waals surface area contributed by atoms with E-state index in [4.69, 9.17) is 5.73 Å². The summed E-state index contributed by atoms with van der Waals surface area (Å²) in [5.74, 6) is -0.169. The number of benzene rings is 1. The van der Waals surface area contributed by atoms with Crippen molar-refractivity contribution in [2.24, 2.45) is 11.7 Å². The van der Waals surface area contributed by atoms with E-state index in [1.54, 1.807) is 0 Å². The molecule has 0 radical (unpaired) electrons. The first-order chi connectivity index (χ1) is 9.11. The molecule has 0 saturated heterocycles. The van der Waals surface area contributed by atoms with Crippen LogP contribution < -0.4 is 11.1 Å². The van der Waals surface area contributed by atoms with Gasteiger partial charge in [0.15, 0.2) is 0 Å². The van der Waals surface area contributed by atoms with Gasteiger partial charge in [-0.05, 0) is 30.9 Å². The lowest BCUT2D eigenvalue weighted by molar-refractivity contribution is -0.384. The topological polar surface area (TPSA) is 81.2 Å². The zero-order chi connectivity index (χ0) is 13.8. The fourth-order valence-electron chi connectivity index (χ4n) is 2.71. The van der Waals surface area contributed by atoms with Crippen LogP contribution in [0.15, 0.2) is 18.2 Å².